The molecule has 6 heteroatoms. The van der Waals surface area contributed by atoms with Crippen molar-refractivity contribution in [2.45, 2.75) is 45.6 Å². The number of nitrogens with zero attached hydrogens (tertiary/aromatic N) is 2. The van der Waals surface area contributed by atoms with Crippen molar-refractivity contribution in [3.05, 3.63) is 157 Å². The molecule has 4 aromatic rings. The lowest BCUT2D eigenvalue weighted by atomic mass is 9.91. The van der Waals surface area contributed by atoms with Crippen LogP contribution in [0.2, 0.25) is 0 Å². The van der Waals surface area contributed by atoms with Crippen LogP contribution in [0.3, 0.4) is 0 Å². The van der Waals surface area contributed by atoms with Crippen molar-refractivity contribution in [3.63, 3.8) is 0 Å². The van der Waals surface area contributed by atoms with E-state index in [0.717, 1.165) is 41.8 Å². The predicted molar refractivity (Wildman–Crippen MR) is 192 cm³/mol. The molecular weight excluding hydrogens is 584 g/mol. The summed E-state index contributed by atoms with van der Waals surface area (Å²) in [6.07, 6.45) is 3.61. The highest BCUT2D eigenvalue weighted by atomic mass is 16.3. The SMILES string of the molecule is C.C=C(C=O)Cc1ccccc1.C=C(Cc1ccccc1)C(O)C1CCN(c2ccccc2)C1=O.O=C1CCCN1c1ccccc1. The Bertz CT molecular complexity index is 1570. The van der Waals surface area contributed by atoms with Crippen molar-refractivity contribution in [2.75, 3.05) is 22.9 Å². The van der Waals surface area contributed by atoms with Gasteiger partial charge in [-0.25, -0.2) is 0 Å². The predicted octanol–water partition coefficient (Wildman–Crippen LogP) is 7.63. The van der Waals surface area contributed by atoms with Gasteiger partial charge in [-0.3, -0.25) is 14.4 Å². The lowest BCUT2D eigenvalue weighted by molar-refractivity contribution is -0.122. The van der Waals surface area contributed by atoms with Gasteiger partial charge in [0.25, 0.3) is 0 Å². The monoisotopic (exact) mass is 630 g/mol. The zero-order valence-corrected chi connectivity index (χ0v) is 26.2. The summed E-state index contributed by atoms with van der Waals surface area (Å²) in [6.45, 7) is 9.13. The highest BCUT2D eigenvalue weighted by Crippen LogP contribution is 2.30. The van der Waals surface area contributed by atoms with Gasteiger partial charge in [0.1, 0.15) is 6.29 Å². The second-order valence-corrected chi connectivity index (χ2v) is 11.4. The molecule has 0 radical (unpaired) electrons. The Morgan fingerprint density at radius 2 is 1.19 bits per heavy atom. The molecule has 1 N–H and O–H groups in total. The first-order chi connectivity index (χ1) is 22.4. The Hall–Kier alpha value is -5.07. The molecule has 47 heavy (non-hydrogen) atoms. The summed E-state index contributed by atoms with van der Waals surface area (Å²) < 4.78 is 0. The number of carbonyl (C=O) groups excluding carboxylic acids is 3. The lowest BCUT2D eigenvalue weighted by Gasteiger charge is -2.21. The maximum Gasteiger partial charge on any atom is 0.233 e. The van der Waals surface area contributed by atoms with Crippen LogP contribution in [-0.4, -0.2) is 42.4 Å². The number of para-hydroxylation sites is 2. The van der Waals surface area contributed by atoms with E-state index in [4.69, 9.17) is 0 Å². The molecule has 2 fully saturated rings. The van der Waals surface area contributed by atoms with Crippen LogP contribution < -0.4 is 9.80 Å². The zero-order valence-electron chi connectivity index (χ0n) is 26.2. The van der Waals surface area contributed by atoms with Gasteiger partial charge in [-0.05, 0) is 65.8 Å². The number of carbonyl (C=O) groups is 3. The molecule has 0 aromatic heterocycles. The number of aliphatic hydroxyl groups excluding tert-OH is 1. The van der Waals surface area contributed by atoms with E-state index in [0.29, 0.717) is 43.4 Å². The van der Waals surface area contributed by atoms with Crippen LogP contribution in [0.25, 0.3) is 0 Å². The van der Waals surface area contributed by atoms with Crippen LogP contribution in [0.4, 0.5) is 11.4 Å². The fourth-order valence-corrected chi connectivity index (χ4v) is 5.54. The van der Waals surface area contributed by atoms with E-state index >= 15 is 0 Å². The molecule has 2 aliphatic heterocycles. The molecule has 0 spiro atoms. The number of amides is 2. The molecule has 4 aromatic carbocycles. The minimum absolute atomic E-state index is 0. The number of allylic oxidation sites excluding steroid dienone is 1. The number of benzene rings is 4. The minimum Gasteiger partial charge on any atom is -0.388 e. The quantitative estimate of drug-likeness (QED) is 0.117. The van der Waals surface area contributed by atoms with E-state index in [1.165, 1.54) is 0 Å². The van der Waals surface area contributed by atoms with Gasteiger partial charge in [-0.2, -0.15) is 0 Å². The van der Waals surface area contributed by atoms with Gasteiger partial charge in [0.2, 0.25) is 11.8 Å². The van der Waals surface area contributed by atoms with E-state index in [9.17, 15) is 19.5 Å². The van der Waals surface area contributed by atoms with E-state index < -0.39 is 12.0 Å². The minimum atomic E-state index is -0.795. The summed E-state index contributed by atoms with van der Waals surface area (Å²) in [7, 11) is 0. The van der Waals surface area contributed by atoms with Crippen LogP contribution in [-0.2, 0) is 27.2 Å². The first-order valence-electron chi connectivity index (χ1n) is 15.7. The van der Waals surface area contributed by atoms with Crippen molar-refractivity contribution >= 4 is 29.5 Å². The van der Waals surface area contributed by atoms with Crippen molar-refractivity contribution in [2.24, 2.45) is 5.92 Å². The number of anilines is 2. The van der Waals surface area contributed by atoms with E-state index in [2.05, 4.69) is 13.2 Å². The van der Waals surface area contributed by atoms with Crippen molar-refractivity contribution in [3.8, 4) is 0 Å². The second-order valence-electron chi connectivity index (χ2n) is 11.4. The Morgan fingerprint density at radius 1 is 0.723 bits per heavy atom. The van der Waals surface area contributed by atoms with Gasteiger partial charge in [0.05, 0.1) is 12.0 Å². The summed E-state index contributed by atoms with van der Waals surface area (Å²) in [4.78, 5) is 37.7. The van der Waals surface area contributed by atoms with Gasteiger partial charge in [-0.15, -0.1) is 0 Å². The third-order valence-electron chi connectivity index (χ3n) is 7.97. The first kappa shape index (κ1) is 36.4. The fraction of sp³-hybridized carbons (Fsp3) is 0.244. The fourth-order valence-electron chi connectivity index (χ4n) is 5.54. The van der Waals surface area contributed by atoms with Crippen molar-refractivity contribution in [1.29, 1.82) is 0 Å². The number of rotatable bonds is 9. The second kappa shape index (κ2) is 18.8. The summed E-state index contributed by atoms with van der Waals surface area (Å²) in [6, 6.07) is 39.2. The lowest BCUT2D eigenvalue weighted by Crippen LogP contribution is -2.33. The molecule has 0 saturated carbocycles. The van der Waals surface area contributed by atoms with Crippen LogP contribution in [0.5, 0.6) is 0 Å². The van der Waals surface area contributed by atoms with Crippen LogP contribution >= 0.6 is 0 Å². The molecule has 0 bridgehead atoms. The highest BCUT2D eigenvalue weighted by molar-refractivity contribution is 5.97. The van der Waals surface area contributed by atoms with Crippen molar-refractivity contribution in [1.82, 2.24) is 0 Å². The largest absolute Gasteiger partial charge is 0.388 e. The zero-order chi connectivity index (χ0) is 32.7. The average Bonchev–Trinajstić information content (AvgIpc) is 3.71. The first-order valence-corrected chi connectivity index (χ1v) is 15.7. The van der Waals surface area contributed by atoms with Gasteiger partial charge in [0.15, 0.2) is 0 Å². The third-order valence-corrected chi connectivity index (χ3v) is 7.97. The Morgan fingerprint density at radius 3 is 1.66 bits per heavy atom. The summed E-state index contributed by atoms with van der Waals surface area (Å²) >= 11 is 0. The van der Waals surface area contributed by atoms with Crippen LogP contribution in [0.1, 0.15) is 37.8 Å². The standard InChI is InChI=1S/C20H21NO2.C10H11NO.C10H10O.CH4/c1-15(14-16-8-4-2-5-9-16)19(22)18-12-13-21(20(18)23)17-10-6-3-7-11-17;12-10-7-4-8-11(10)9-5-2-1-3-6-9;1-9(8-11)7-10-5-3-2-4-6-10;/h2-11,18-19,22H,1,12-14H2;1-3,5-6H,4,7-8H2;2-6,8H,1,7H2;1H4. The van der Waals surface area contributed by atoms with E-state index in [1.54, 1.807) is 4.90 Å². The molecular formula is C41H46N2O4. The normalized spacial score (nSPS) is 15.7. The number of aliphatic hydroxyl groups is 1. The molecule has 2 aliphatic rings. The molecule has 244 valence electrons. The number of aldehydes is 1. The number of hydrogen-bond donors (Lipinski definition) is 1. The Labute approximate surface area is 279 Å². The summed E-state index contributed by atoms with van der Waals surface area (Å²) in [5, 5.41) is 10.6. The average molecular weight is 631 g/mol. The van der Waals surface area contributed by atoms with Gasteiger partial charge < -0.3 is 14.9 Å². The number of hydrogen-bond acceptors (Lipinski definition) is 4. The Kier molecular flexibility index (Phi) is 14.6. The third kappa shape index (κ3) is 10.8. The van der Waals surface area contributed by atoms with Crippen LogP contribution in [0, 0.1) is 5.92 Å². The maximum absolute atomic E-state index is 12.6. The topological polar surface area (TPSA) is 77.9 Å². The smallest absolute Gasteiger partial charge is 0.233 e. The van der Waals surface area contributed by atoms with Gasteiger partial charge >= 0.3 is 0 Å². The Balaban J connectivity index is 0.000000211. The summed E-state index contributed by atoms with van der Waals surface area (Å²) in [5.74, 6) is -0.162. The van der Waals surface area contributed by atoms with Crippen LogP contribution in [0.15, 0.2) is 146 Å². The highest BCUT2D eigenvalue weighted by Gasteiger charge is 2.38. The molecule has 6 rings (SSSR count). The summed E-state index contributed by atoms with van der Waals surface area (Å²) in [5.41, 5.74) is 5.47. The molecule has 2 unspecified atom stereocenters. The van der Waals surface area contributed by atoms with E-state index in [1.807, 2.05) is 126 Å². The molecule has 2 amide bonds. The van der Waals surface area contributed by atoms with E-state index in [-0.39, 0.29) is 19.2 Å². The van der Waals surface area contributed by atoms with Gasteiger partial charge in [0, 0.05) is 37.3 Å². The molecule has 6 nitrogen and oxygen atoms in total. The maximum atomic E-state index is 12.6. The molecule has 2 atom stereocenters. The molecule has 2 heterocycles. The van der Waals surface area contributed by atoms with Crippen molar-refractivity contribution < 1.29 is 19.5 Å². The molecule has 2 saturated heterocycles. The molecule has 0 aliphatic carbocycles. The van der Waals surface area contributed by atoms with Gasteiger partial charge in [-0.1, -0.05) is 118 Å².